The predicted molar refractivity (Wildman–Crippen MR) is 95.8 cm³/mol. The van der Waals surface area contributed by atoms with Crippen molar-refractivity contribution in [2.45, 2.75) is 18.4 Å². The summed E-state index contributed by atoms with van der Waals surface area (Å²) < 4.78 is 5.45. The van der Waals surface area contributed by atoms with Crippen LogP contribution in [0.4, 0.5) is 0 Å². The van der Waals surface area contributed by atoms with Gasteiger partial charge >= 0.3 is 0 Å². The molecular formula is C18H23N5O4. The van der Waals surface area contributed by atoms with Gasteiger partial charge in [0.1, 0.15) is 11.3 Å². The second-order valence-corrected chi connectivity index (χ2v) is 6.61. The molecule has 1 fully saturated rings. The summed E-state index contributed by atoms with van der Waals surface area (Å²) in [5.74, 6) is -0.442. The molecule has 0 bridgehead atoms. The van der Waals surface area contributed by atoms with Crippen LogP contribution in [0.3, 0.4) is 0 Å². The minimum atomic E-state index is -1.35. The number of carbonyl (C=O) groups is 2. The number of nitrogens with one attached hydrogen (secondary N) is 2. The fourth-order valence-electron chi connectivity index (χ4n) is 2.91. The fourth-order valence-corrected chi connectivity index (χ4v) is 2.91. The van der Waals surface area contributed by atoms with Crippen molar-refractivity contribution in [3.05, 3.63) is 48.0 Å². The molecule has 0 unspecified atom stereocenters. The molecule has 3 N–H and O–H groups in total. The first-order valence-corrected chi connectivity index (χ1v) is 8.80. The molecule has 1 aliphatic rings. The number of H-pyrrole nitrogens is 1. The molecule has 9 heteroatoms. The Hall–Kier alpha value is -2.78. The molecule has 27 heavy (non-hydrogen) atoms. The van der Waals surface area contributed by atoms with E-state index in [2.05, 4.69) is 20.5 Å². The maximum atomic E-state index is 12.6. The number of β-amino-alcohol motifs (C(OH)–C–C–N with tert-alkyl or cyclic N) is 1. The Labute approximate surface area is 156 Å². The average molecular weight is 373 g/mol. The maximum absolute atomic E-state index is 12.6. The molecule has 2 aromatic rings. The number of aromatic amines is 1. The highest BCUT2D eigenvalue weighted by molar-refractivity contribution is 5.92. The van der Waals surface area contributed by atoms with Crippen LogP contribution in [0, 0.1) is 0 Å². The van der Waals surface area contributed by atoms with E-state index in [9.17, 15) is 14.7 Å². The second kappa shape index (κ2) is 8.74. The van der Waals surface area contributed by atoms with Crippen LogP contribution in [0.25, 0.3) is 0 Å². The number of nitrogens with zero attached hydrogens (tertiary/aromatic N) is 3. The van der Waals surface area contributed by atoms with E-state index in [1.54, 1.807) is 17.3 Å². The molecule has 9 nitrogen and oxygen atoms in total. The van der Waals surface area contributed by atoms with E-state index in [4.69, 9.17) is 4.74 Å². The van der Waals surface area contributed by atoms with Crippen LogP contribution in [0.2, 0.25) is 0 Å². The highest BCUT2D eigenvalue weighted by Gasteiger charge is 2.34. The number of hydrogen-bond donors (Lipinski definition) is 3. The van der Waals surface area contributed by atoms with Crippen molar-refractivity contribution in [1.82, 2.24) is 25.4 Å². The zero-order valence-corrected chi connectivity index (χ0v) is 14.9. The number of pyridine rings is 1. The third-order valence-electron chi connectivity index (χ3n) is 4.39. The van der Waals surface area contributed by atoms with Gasteiger partial charge in [-0.15, -0.1) is 0 Å². The first kappa shape index (κ1) is 19.0. The Balaban J connectivity index is 1.55. The van der Waals surface area contributed by atoms with Crippen molar-refractivity contribution in [3.63, 3.8) is 0 Å². The van der Waals surface area contributed by atoms with E-state index < -0.39 is 5.60 Å². The Morgan fingerprint density at radius 2 is 2.26 bits per heavy atom. The van der Waals surface area contributed by atoms with Crippen LogP contribution in [0.15, 0.2) is 36.8 Å². The number of amides is 2. The standard InChI is InChI=1S/C18H23N5O4/c24-16(4-3-14-2-1-6-19-10-14)23-8-9-27-13-18(26,12-23)11-20-17(25)15-5-7-21-22-15/h1-2,5-7,10,26H,3-4,8-9,11-13H2,(H,20,25)(H,21,22)/t18-/m1/s1. The summed E-state index contributed by atoms with van der Waals surface area (Å²) in [6.07, 6.45) is 5.80. The van der Waals surface area contributed by atoms with Crippen LogP contribution >= 0.6 is 0 Å². The number of aryl methyl sites for hydroxylation is 1. The van der Waals surface area contributed by atoms with Crippen LogP contribution in [0.5, 0.6) is 0 Å². The molecule has 2 amide bonds. The van der Waals surface area contributed by atoms with Crippen molar-refractivity contribution in [2.75, 3.05) is 32.8 Å². The Morgan fingerprint density at radius 3 is 3.00 bits per heavy atom. The number of carbonyl (C=O) groups excluding carboxylic acids is 2. The second-order valence-electron chi connectivity index (χ2n) is 6.61. The highest BCUT2D eigenvalue weighted by Crippen LogP contribution is 2.14. The molecule has 2 aromatic heterocycles. The van der Waals surface area contributed by atoms with Gasteiger partial charge in [0.25, 0.3) is 5.91 Å². The quantitative estimate of drug-likeness (QED) is 0.643. The molecule has 0 spiro atoms. The zero-order valence-electron chi connectivity index (χ0n) is 14.9. The van der Waals surface area contributed by atoms with Gasteiger partial charge < -0.3 is 20.1 Å². The topological polar surface area (TPSA) is 120 Å². The molecule has 0 saturated carbocycles. The normalized spacial score (nSPS) is 20.1. The minimum Gasteiger partial charge on any atom is -0.384 e. The number of hydrogen-bond acceptors (Lipinski definition) is 6. The molecule has 3 heterocycles. The van der Waals surface area contributed by atoms with E-state index in [1.165, 1.54) is 12.3 Å². The third kappa shape index (κ3) is 5.35. The lowest BCUT2D eigenvalue weighted by atomic mass is 10.0. The largest absolute Gasteiger partial charge is 0.384 e. The van der Waals surface area contributed by atoms with E-state index in [-0.39, 0.29) is 31.5 Å². The molecule has 1 aliphatic heterocycles. The van der Waals surface area contributed by atoms with Gasteiger partial charge in [0, 0.05) is 31.6 Å². The molecule has 144 valence electrons. The average Bonchev–Trinajstić information content (AvgIpc) is 3.15. The lowest BCUT2D eigenvalue weighted by Gasteiger charge is -2.31. The summed E-state index contributed by atoms with van der Waals surface area (Å²) in [5, 5.41) is 19.8. The van der Waals surface area contributed by atoms with Gasteiger partial charge in [-0.3, -0.25) is 19.7 Å². The fraction of sp³-hybridized carbons (Fsp3) is 0.444. The van der Waals surface area contributed by atoms with E-state index in [0.29, 0.717) is 31.7 Å². The van der Waals surface area contributed by atoms with Gasteiger partial charge in [-0.1, -0.05) is 6.07 Å². The monoisotopic (exact) mass is 373 g/mol. The molecule has 3 rings (SSSR count). The summed E-state index contributed by atoms with van der Waals surface area (Å²) >= 11 is 0. The van der Waals surface area contributed by atoms with E-state index in [0.717, 1.165) is 5.56 Å². The first-order chi connectivity index (χ1) is 13.1. The third-order valence-corrected chi connectivity index (χ3v) is 4.39. The molecule has 0 aliphatic carbocycles. The summed E-state index contributed by atoms with van der Waals surface area (Å²) in [6, 6.07) is 5.30. The number of aromatic nitrogens is 3. The smallest absolute Gasteiger partial charge is 0.269 e. The first-order valence-electron chi connectivity index (χ1n) is 8.80. The summed E-state index contributed by atoms with van der Waals surface area (Å²) in [4.78, 5) is 30.2. The minimum absolute atomic E-state index is 0.0305. The summed E-state index contributed by atoms with van der Waals surface area (Å²) in [7, 11) is 0. The van der Waals surface area contributed by atoms with Gasteiger partial charge in [-0.05, 0) is 24.1 Å². The van der Waals surface area contributed by atoms with Crippen LogP contribution in [0.1, 0.15) is 22.5 Å². The van der Waals surface area contributed by atoms with Crippen LogP contribution in [-0.4, -0.2) is 75.5 Å². The molecule has 1 saturated heterocycles. The number of rotatable bonds is 6. The van der Waals surface area contributed by atoms with Crippen molar-refractivity contribution in [2.24, 2.45) is 0 Å². The van der Waals surface area contributed by atoms with Crippen LogP contribution in [-0.2, 0) is 16.0 Å². The number of ether oxygens (including phenoxy) is 1. The van der Waals surface area contributed by atoms with Crippen LogP contribution < -0.4 is 5.32 Å². The maximum Gasteiger partial charge on any atom is 0.269 e. The van der Waals surface area contributed by atoms with Gasteiger partial charge in [0.2, 0.25) is 5.91 Å². The van der Waals surface area contributed by atoms with Gasteiger partial charge in [-0.2, -0.15) is 5.10 Å². The van der Waals surface area contributed by atoms with Crippen molar-refractivity contribution < 1.29 is 19.4 Å². The van der Waals surface area contributed by atoms with Gasteiger partial charge in [0.05, 0.1) is 26.3 Å². The van der Waals surface area contributed by atoms with Crippen molar-refractivity contribution >= 4 is 11.8 Å². The highest BCUT2D eigenvalue weighted by atomic mass is 16.5. The molecule has 1 atom stereocenters. The van der Waals surface area contributed by atoms with Crippen molar-refractivity contribution in [1.29, 1.82) is 0 Å². The Bertz CT molecular complexity index is 752. The summed E-state index contributed by atoms with van der Waals surface area (Å²) in [5.41, 5.74) is -0.0626. The lowest BCUT2D eigenvalue weighted by molar-refractivity contribution is -0.133. The van der Waals surface area contributed by atoms with Gasteiger partial charge in [-0.25, -0.2) is 0 Å². The van der Waals surface area contributed by atoms with E-state index >= 15 is 0 Å². The molecule has 0 radical (unpaired) electrons. The SMILES string of the molecule is O=C(NC[C@]1(O)COCCN(C(=O)CCc2cccnc2)C1)c1ccn[nH]1. The Morgan fingerprint density at radius 1 is 1.37 bits per heavy atom. The molecule has 0 aromatic carbocycles. The summed E-state index contributed by atoms with van der Waals surface area (Å²) in [6.45, 7) is 0.861. The number of aliphatic hydroxyl groups is 1. The lowest BCUT2D eigenvalue weighted by Crippen LogP contribution is -2.53. The predicted octanol–water partition coefficient (Wildman–Crippen LogP) is -0.243. The Kier molecular flexibility index (Phi) is 6.15. The zero-order chi connectivity index (χ0) is 19.1. The van der Waals surface area contributed by atoms with Crippen molar-refractivity contribution in [3.8, 4) is 0 Å². The van der Waals surface area contributed by atoms with Gasteiger partial charge in [0.15, 0.2) is 0 Å². The van der Waals surface area contributed by atoms with E-state index in [1.807, 2.05) is 12.1 Å². The molecular weight excluding hydrogens is 350 g/mol.